The molecule has 2 nitrogen and oxygen atoms in total. The quantitative estimate of drug-likeness (QED) is 0.677. The second kappa shape index (κ2) is 10.6. The number of rotatable bonds is 7. The monoisotopic (exact) mass is 229 g/mol. The van der Waals surface area contributed by atoms with Gasteiger partial charge >= 0.3 is 0 Å². The highest BCUT2D eigenvalue weighted by atomic mass is 35.5. The zero-order chi connectivity index (χ0) is 9.40. The van der Waals surface area contributed by atoms with Gasteiger partial charge in [-0.1, -0.05) is 13.8 Å². The van der Waals surface area contributed by atoms with Crippen LogP contribution in [0.1, 0.15) is 26.7 Å². The predicted octanol–water partition coefficient (Wildman–Crippen LogP) is 2.13. The summed E-state index contributed by atoms with van der Waals surface area (Å²) in [6, 6.07) is 0. The fourth-order valence-electron chi connectivity index (χ4n) is 1.17. The Kier molecular flexibility index (Phi) is 13.0. The summed E-state index contributed by atoms with van der Waals surface area (Å²) in [6.07, 6.45) is 1.54. The topological polar surface area (TPSA) is 23.5 Å². The summed E-state index contributed by atoms with van der Waals surface area (Å²) < 4.78 is 0. The fraction of sp³-hybridized carbons (Fsp3) is 1.00. The third-order valence-corrected chi connectivity index (χ3v) is 2.44. The number of hydrogen-bond donors (Lipinski definition) is 1. The molecule has 0 aromatic rings. The Morgan fingerprint density at radius 2 is 1.85 bits per heavy atom. The first kappa shape index (κ1) is 15.9. The van der Waals surface area contributed by atoms with Crippen LogP contribution in [0.4, 0.5) is 0 Å². The average molecular weight is 230 g/mol. The Balaban J connectivity index is 0. The molecular formula is C9H21Cl2NO. The summed E-state index contributed by atoms with van der Waals surface area (Å²) in [5, 5.41) is 9.17. The highest BCUT2D eigenvalue weighted by molar-refractivity contribution is 6.18. The molecule has 0 fully saturated rings. The molecular weight excluding hydrogens is 209 g/mol. The lowest BCUT2D eigenvalue weighted by Crippen LogP contribution is -2.25. The molecule has 0 amide bonds. The van der Waals surface area contributed by atoms with Gasteiger partial charge in [0.2, 0.25) is 0 Å². The van der Waals surface area contributed by atoms with E-state index in [1.54, 1.807) is 0 Å². The predicted molar refractivity (Wildman–Crippen MR) is 61.0 cm³/mol. The molecule has 0 spiro atoms. The maximum atomic E-state index is 9.17. The SMILES string of the molecule is CCN(CC)CCCC(O)CCl.Cl. The van der Waals surface area contributed by atoms with Crippen LogP contribution in [0.3, 0.4) is 0 Å². The molecule has 0 aliphatic rings. The molecule has 13 heavy (non-hydrogen) atoms. The Morgan fingerprint density at radius 1 is 1.31 bits per heavy atom. The van der Waals surface area contributed by atoms with Crippen molar-refractivity contribution in [2.75, 3.05) is 25.5 Å². The Labute approximate surface area is 92.7 Å². The maximum Gasteiger partial charge on any atom is 0.0676 e. The van der Waals surface area contributed by atoms with Crippen molar-refractivity contribution in [3.05, 3.63) is 0 Å². The molecule has 4 heteroatoms. The van der Waals surface area contributed by atoms with E-state index >= 15 is 0 Å². The molecule has 0 aromatic heterocycles. The Morgan fingerprint density at radius 3 is 2.23 bits per heavy atom. The third kappa shape index (κ3) is 8.82. The number of aliphatic hydroxyl groups is 1. The minimum Gasteiger partial charge on any atom is -0.392 e. The summed E-state index contributed by atoms with van der Waals surface area (Å²) in [7, 11) is 0. The van der Waals surface area contributed by atoms with Gasteiger partial charge in [0.1, 0.15) is 0 Å². The lowest BCUT2D eigenvalue weighted by atomic mass is 10.2. The zero-order valence-electron chi connectivity index (χ0n) is 8.50. The van der Waals surface area contributed by atoms with Crippen LogP contribution < -0.4 is 0 Å². The van der Waals surface area contributed by atoms with Gasteiger partial charge in [0.05, 0.1) is 6.10 Å². The van der Waals surface area contributed by atoms with Gasteiger partial charge in [-0.05, 0) is 32.5 Å². The number of nitrogens with zero attached hydrogens (tertiary/aromatic N) is 1. The van der Waals surface area contributed by atoms with Crippen molar-refractivity contribution in [2.45, 2.75) is 32.8 Å². The molecule has 0 saturated heterocycles. The van der Waals surface area contributed by atoms with Gasteiger partial charge in [-0.25, -0.2) is 0 Å². The van der Waals surface area contributed by atoms with Crippen molar-refractivity contribution in [1.82, 2.24) is 4.90 Å². The molecule has 0 rings (SSSR count). The molecule has 0 saturated carbocycles. The van der Waals surface area contributed by atoms with E-state index < -0.39 is 0 Å². The van der Waals surface area contributed by atoms with Gasteiger partial charge < -0.3 is 10.0 Å². The zero-order valence-corrected chi connectivity index (χ0v) is 10.1. The summed E-state index contributed by atoms with van der Waals surface area (Å²) in [5.74, 6) is 0.359. The van der Waals surface area contributed by atoms with Crippen LogP contribution >= 0.6 is 24.0 Å². The minimum atomic E-state index is -0.317. The normalized spacial score (nSPS) is 12.7. The van der Waals surface area contributed by atoms with E-state index in [1.165, 1.54) is 0 Å². The summed E-state index contributed by atoms with van der Waals surface area (Å²) in [6.45, 7) is 7.56. The van der Waals surface area contributed by atoms with Gasteiger partial charge in [0.25, 0.3) is 0 Å². The van der Waals surface area contributed by atoms with Gasteiger partial charge in [-0.2, -0.15) is 0 Å². The lowest BCUT2D eigenvalue weighted by Gasteiger charge is -2.18. The molecule has 1 atom stereocenters. The van der Waals surface area contributed by atoms with Crippen molar-refractivity contribution < 1.29 is 5.11 Å². The molecule has 0 aliphatic heterocycles. The second-order valence-corrected chi connectivity index (χ2v) is 3.29. The largest absolute Gasteiger partial charge is 0.392 e. The van der Waals surface area contributed by atoms with Crippen LogP contribution in [-0.4, -0.2) is 41.6 Å². The smallest absolute Gasteiger partial charge is 0.0676 e. The first-order valence-electron chi connectivity index (χ1n) is 4.70. The number of halogens is 2. The molecule has 1 unspecified atom stereocenters. The first-order valence-corrected chi connectivity index (χ1v) is 5.24. The Bertz CT molecular complexity index is 99.6. The van der Waals surface area contributed by atoms with E-state index in [0.717, 1.165) is 32.5 Å². The summed E-state index contributed by atoms with van der Waals surface area (Å²) >= 11 is 5.47. The first-order chi connectivity index (χ1) is 5.74. The van der Waals surface area contributed by atoms with Crippen molar-refractivity contribution in [3.8, 4) is 0 Å². The summed E-state index contributed by atoms with van der Waals surface area (Å²) in [4.78, 5) is 2.35. The fourth-order valence-corrected chi connectivity index (χ4v) is 1.32. The van der Waals surface area contributed by atoms with Gasteiger partial charge in [-0.15, -0.1) is 24.0 Å². The average Bonchev–Trinajstić information content (AvgIpc) is 2.12. The van der Waals surface area contributed by atoms with Crippen molar-refractivity contribution in [3.63, 3.8) is 0 Å². The number of alkyl halides is 1. The van der Waals surface area contributed by atoms with Crippen LogP contribution in [0, 0.1) is 0 Å². The third-order valence-electron chi connectivity index (χ3n) is 2.08. The van der Waals surface area contributed by atoms with E-state index in [9.17, 15) is 0 Å². The Hall–Kier alpha value is 0.500. The molecule has 0 aromatic carbocycles. The molecule has 0 radical (unpaired) electrons. The van der Waals surface area contributed by atoms with Crippen LogP contribution in [-0.2, 0) is 0 Å². The van der Waals surface area contributed by atoms with Gasteiger partial charge in [0, 0.05) is 5.88 Å². The molecule has 0 bridgehead atoms. The second-order valence-electron chi connectivity index (χ2n) is 2.98. The van der Waals surface area contributed by atoms with E-state index in [2.05, 4.69) is 18.7 Å². The van der Waals surface area contributed by atoms with Crippen LogP contribution in [0.5, 0.6) is 0 Å². The summed E-state index contributed by atoms with van der Waals surface area (Å²) in [5.41, 5.74) is 0. The van der Waals surface area contributed by atoms with Gasteiger partial charge in [-0.3, -0.25) is 0 Å². The van der Waals surface area contributed by atoms with E-state index in [0.29, 0.717) is 5.88 Å². The highest BCUT2D eigenvalue weighted by Crippen LogP contribution is 2.01. The van der Waals surface area contributed by atoms with Crippen LogP contribution in [0.15, 0.2) is 0 Å². The highest BCUT2D eigenvalue weighted by Gasteiger charge is 2.03. The lowest BCUT2D eigenvalue weighted by molar-refractivity contribution is 0.175. The van der Waals surface area contributed by atoms with E-state index in [-0.39, 0.29) is 18.5 Å². The van der Waals surface area contributed by atoms with E-state index in [4.69, 9.17) is 16.7 Å². The molecule has 0 aliphatic carbocycles. The molecule has 82 valence electrons. The number of aliphatic hydroxyl groups excluding tert-OH is 1. The van der Waals surface area contributed by atoms with Crippen LogP contribution in [0.25, 0.3) is 0 Å². The van der Waals surface area contributed by atoms with Crippen molar-refractivity contribution >= 4 is 24.0 Å². The maximum absolute atomic E-state index is 9.17. The van der Waals surface area contributed by atoms with Crippen LogP contribution in [0.2, 0.25) is 0 Å². The standard InChI is InChI=1S/C9H20ClNO.ClH/c1-3-11(4-2)7-5-6-9(12)8-10;/h9,12H,3-8H2,1-2H3;1H. The number of hydrogen-bond acceptors (Lipinski definition) is 2. The van der Waals surface area contributed by atoms with E-state index in [1.807, 2.05) is 0 Å². The van der Waals surface area contributed by atoms with Crippen molar-refractivity contribution in [1.29, 1.82) is 0 Å². The molecule has 0 heterocycles. The van der Waals surface area contributed by atoms with Crippen molar-refractivity contribution in [2.24, 2.45) is 0 Å². The molecule has 1 N–H and O–H groups in total. The minimum absolute atomic E-state index is 0. The van der Waals surface area contributed by atoms with Gasteiger partial charge in [0.15, 0.2) is 0 Å².